The van der Waals surface area contributed by atoms with E-state index in [1.165, 1.54) is 25.8 Å². The first kappa shape index (κ1) is 15.3. The van der Waals surface area contributed by atoms with Crippen molar-refractivity contribution in [2.45, 2.75) is 78.2 Å². The summed E-state index contributed by atoms with van der Waals surface area (Å²) in [7, 11) is 0. The molecule has 0 bridgehead atoms. The molecule has 3 nitrogen and oxygen atoms in total. The van der Waals surface area contributed by atoms with Crippen molar-refractivity contribution in [2.75, 3.05) is 19.6 Å². The van der Waals surface area contributed by atoms with Crippen molar-refractivity contribution in [1.82, 2.24) is 10.2 Å². The maximum Gasteiger partial charge on any atom is 0.0706 e. The predicted molar refractivity (Wildman–Crippen MR) is 80.5 cm³/mol. The fourth-order valence-corrected chi connectivity index (χ4v) is 3.49. The van der Waals surface area contributed by atoms with E-state index in [1.54, 1.807) is 0 Å². The van der Waals surface area contributed by atoms with Crippen molar-refractivity contribution in [1.29, 1.82) is 0 Å². The lowest BCUT2D eigenvalue weighted by Crippen LogP contribution is -2.61. The summed E-state index contributed by atoms with van der Waals surface area (Å²) in [6.45, 7) is 15.0. The molecule has 0 radical (unpaired) electrons. The molecule has 0 amide bonds. The molecule has 0 spiro atoms. The molecule has 2 heterocycles. The third-order valence-electron chi connectivity index (χ3n) is 4.75. The second-order valence-electron chi connectivity index (χ2n) is 7.50. The molecule has 4 unspecified atom stereocenters. The van der Waals surface area contributed by atoms with Gasteiger partial charge in [0.1, 0.15) is 0 Å². The fourth-order valence-electron chi connectivity index (χ4n) is 3.49. The Morgan fingerprint density at radius 3 is 2.53 bits per heavy atom. The van der Waals surface area contributed by atoms with Crippen LogP contribution in [0.2, 0.25) is 0 Å². The van der Waals surface area contributed by atoms with E-state index in [-0.39, 0.29) is 0 Å². The van der Waals surface area contributed by atoms with Crippen molar-refractivity contribution < 1.29 is 4.74 Å². The smallest absolute Gasteiger partial charge is 0.0706 e. The molecule has 1 N–H and O–H groups in total. The van der Waals surface area contributed by atoms with Gasteiger partial charge in [0.25, 0.3) is 0 Å². The molecule has 2 rings (SSSR count). The first-order valence-electron chi connectivity index (χ1n) is 8.03. The number of rotatable bonds is 3. The number of nitrogens with one attached hydrogen (secondary N) is 1. The number of ether oxygens (including phenoxy) is 1. The van der Waals surface area contributed by atoms with E-state index in [1.807, 2.05) is 0 Å². The molecular formula is C16H32N2O. The fraction of sp³-hybridized carbons (Fsp3) is 1.00. The van der Waals surface area contributed by atoms with E-state index in [0.29, 0.717) is 29.7 Å². The molecule has 0 aromatic heterocycles. The molecule has 2 aliphatic rings. The van der Waals surface area contributed by atoms with E-state index in [2.05, 4.69) is 44.8 Å². The monoisotopic (exact) mass is 268 g/mol. The van der Waals surface area contributed by atoms with E-state index in [4.69, 9.17) is 4.74 Å². The maximum atomic E-state index is 6.03. The lowest BCUT2D eigenvalue weighted by atomic mass is 9.83. The van der Waals surface area contributed by atoms with Gasteiger partial charge in [-0.15, -0.1) is 0 Å². The number of piperazine rings is 1. The van der Waals surface area contributed by atoms with Crippen LogP contribution in [-0.2, 0) is 4.74 Å². The number of nitrogens with zero attached hydrogens (tertiary/aromatic N) is 1. The SMILES string of the molecule is CCC1CN(CC2CCC(C)O2)C(C(C)(C)C)CN1. The molecule has 0 aromatic rings. The summed E-state index contributed by atoms with van der Waals surface area (Å²) in [5, 5.41) is 3.71. The van der Waals surface area contributed by atoms with Crippen molar-refractivity contribution in [2.24, 2.45) is 5.41 Å². The van der Waals surface area contributed by atoms with Gasteiger partial charge in [0.2, 0.25) is 0 Å². The van der Waals surface area contributed by atoms with Gasteiger partial charge in [-0.2, -0.15) is 0 Å². The Kier molecular flexibility index (Phi) is 4.91. The van der Waals surface area contributed by atoms with Gasteiger partial charge >= 0.3 is 0 Å². The third kappa shape index (κ3) is 3.93. The molecule has 0 aliphatic carbocycles. The lowest BCUT2D eigenvalue weighted by Gasteiger charge is -2.47. The van der Waals surface area contributed by atoms with Gasteiger partial charge < -0.3 is 10.1 Å². The van der Waals surface area contributed by atoms with Gasteiger partial charge in [0.05, 0.1) is 12.2 Å². The van der Waals surface area contributed by atoms with E-state index < -0.39 is 0 Å². The van der Waals surface area contributed by atoms with Crippen molar-refractivity contribution >= 4 is 0 Å². The highest BCUT2D eigenvalue weighted by Gasteiger charge is 2.37. The molecule has 2 fully saturated rings. The zero-order valence-electron chi connectivity index (χ0n) is 13.4. The summed E-state index contributed by atoms with van der Waals surface area (Å²) in [5.74, 6) is 0. The quantitative estimate of drug-likeness (QED) is 0.851. The Morgan fingerprint density at radius 1 is 1.26 bits per heavy atom. The van der Waals surface area contributed by atoms with Crippen LogP contribution < -0.4 is 5.32 Å². The van der Waals surface area contributed by atoms with Gasteiger partial charge in [0, 0.05) is 31.7 Å². The molecule has 19 heavy (non-hydrogen) atoms. The van der Waals surface area contributed by atoms with Crippen molar-refractivity contribution in [3.8, 4) is 0 Å². The summed E-state index contributed by atoms with van der Waals surface area (Å²) in [6.07, 6.45) is 4.60. The molecule has 0 aromatic carbocycles. The second-order valence-corrected chi connectivity index (χ2v) is 7.50. The average Bonchev–Trinajstić information content (AvgIpc) is 2.73. The predicted octanol–water partition coefficient (Wildman–Crippen LogP) is 2.65. The van der Waals surface area contributed by atoms with Crippen LogP contribution in [0.1, 0.15) is 53.9 Å². The van der Waals surface area contributed by atoms with Crippen molar-refractivity contribution in [3.63, 3.8) is 0 Å². The lowest BCUT2D eigenvalue weighted by molar-refractivity contribution is -0.0116. The normalized spacial score (nSPS) is 37.7. The topological polar surface area (TPSA) is 24.5 Å². The van der Waals surface area contributed by atoms with E-state index >= 15 is 0 Å². The largest absolute Gasteiger partial charge is 0.374 e. The third-order valence-corrected chi connectivity index (χ3v) is 4.75. The highest BCUT2D eigenvalue weighted by atomic mass is 16.5. The Balaban J connectivity index is 1.98. The minimum Gasteiger partial charge on any atom is -0.374 e. The minimum absolute atomic E-state index is 0.329. The van der Waals surface area contributed by atoms with Crippen LogP contribution in [0, 0.1) is 5.41 Å². The highest BCUT2D eigenvalue weighted by Crippen LogP contribution is 2.29. The van der Waals surface area contributed by atoms with Crippen LogP contribution in [0.4, 0.5) is 0 Å². The summed E-state index contributed by atoms with van der Waals surface area (Å²) in [6, 6.07) is 1.27. The van der Waals surface area contributed by atoms with Crippen molar-refractivity contribution in [3.05, 3.63) is 0 Å². The van der Waals surface area contributed by atoms with Crippen LogP contribution in [0.15, 0.2) is 0 Å². The Morgan fingerprint density at radius 2 is 2.00 bits per heavy atom. The van der Waals surface area contributed by atoms with Crippen LogP contribution in [0.25, 0.3) is 0 Å². The Bertz CT molecular complexity index is 287. The summed E-state index contributed by atoms with van der Waals surface area (Å²) in [4.78, 5) is 2.69. The highest BCUT2D eigenvalue weighted by molar-refractivity contribution is 4.93. The summed E-state index contributed by atoms with van der Waals surface area (Å²) < 4.78 is 6.03. The Hall–Kier alpha value is -0.120. The van der Waals surface area contributed by atoms with Gasteiger partial charge in [-0.25, -0.2) is 0 Å². The molecule has 3 heteroatoms. The molecule has 2 aliphatic heterocycles. The molecule has 2 saturated heterocycles. The molecule has 4 atom stereocenters. The van der Waals surface area contributed by atoms with Crippen LogP contribution in [0.3, 0.4) is 0 Å². The maximum absolute atomic E-state index is 6.03. The minimum atomic E-state index is 0.329. The first-order chi connectivity index (χ1) is 8.90. The average molecular weight is 268 g/mol. The van der Waals surface area contributed by atoms with Gasteiger partial charge in [-0.1, -0.05) is 27.7 Å². The zero-order valence-corrected chi connectivity index (χ0v) is 13.4. The Labute approximate surface area is 119 Å². The van der Waals surface area contributed by atoms with Gasteiger partial charge in [-0.05, 0) is 31.6 Å². The van der Waals surface area contributed by atoms with Crippen LogP contribution >= 0.6 is 0 Å². The zero-order chi connectivity index (χ0) is 14.0. The standard InChI is InChI=1S/C16H32N2O/c1-6-13-10-18(11-14-8-7-12(2)19-14)15(9-17-13)16(3,4)5/h12-15,17H,6-11H2,1-5H3. The van der Waals surface area contributed by atoms with Crippen LogP contribution in [-0.4, -0.2) is 48.8 Å². The summed E-state index contributed by atoms with van der Waals surface area (Å²) in [5.41, 5.74) is 0.329. The first-order valence-corrected chi connectivity index (χ1v) is 8.03. The molecule has 112 valence electrons. The second kappa shape index (κ2) is 6.11. The van der Waals surface area contributed by atoms with E-state index in [9.17, 15) is 0 Å². The number of hydrogen-bond donors (Lipinski definition) is 1. The van der Waals surface area contributed by atoms with E-state index in [0.717, 1.165) is 13.1 Å². The van der Waals surface area contributed by atoms with Gasteiger partial charge in [-0.3, -0.25) is 4.90 Å². The number of hydrogen-bond acceptors (Lipinski definition) is 3. The molecular weight excluding hydrogens is 236 g/mol. The van der Waals surface area contributed by atoms with Crippen LogP contribution in [0.5, 0.6) is 0 Å². The summed E-state index contributed by atoms with van der Waals surface area (Å²) >= 11 is 0. The molecule has 0 saturated carbocycles. The van der Waals surface area contributed by atoms with Gasteiger partial charge in [0.15, 0.2) is 0 Å².